The van der Waals surface area contributed by atoms with Gasteiger partial charge in [-0.25, -0.2) is 4.79 Å². The zero-order chi connectivity index (χ0) is 29.0. The number of hydrogen-bond acceptors (Lipinski definition) is 9. The molecule has 40 heavy (non-hydrogen) atoms. The molecule has 0 aromatic heterocycles. The number of dihydropyridines is 1. The van der Waals surface area contributed by atoms with Crippen LogP contribution in [0.4, 0.5) is 0 Å². The summed E-state index contributed by atoms with van der Waals surface area (Å²) in [4.78, 5) is 41.1. The molecule has 2 aromatic rings. The number of carbonyl (C=O) groups is 3. The van der Waals surface area contributed by atoms with Gasteiger partial charge in [-0.2, -0.15) is 0 Å². The van der Waals surface area contributed by atoms with E-state index in [2.05, 4.69) is 5.32 Å². The largest absolute Gasteiger partial charge is 0.497 e. The first-order valence-electron chi connectivity index (χ1n) is 13.2. The van der Waals surface area contributed by atoms with E-state index in [1.807, 2.05) is 12.1 Å². The summed E-state index contributed by atoms with van der Waals surface area (Å²) in [5.41, 5.74) is 3.30. The molecular formula is C31H35NO8. The summed E-state index contributed by atoms with van der Waals surface area (Å²) < 4.78 is 27.0. The molecular weight excluding hydrogens is 514 g/mol. The number of Topliss-reactive ketones (excluding diaryl/α,β-unsaturated/α-hetero) is 1. The van der Waals surface area contributed by atoms with Gasteiger partial charge in [0.05, 0.1) is 40.1 Å². The number of ether oxygens (including phenoxy) is 5. The Morgan fingerprint density at radius 3 is 2.12 bits per heavy atom. The zero-order valence-electron chi connectivity index (χ0n) is 23.7. The number of methoxy groups -OCH3 is 3. The van der Waals surface area contributed by atoms with Gasteiger partial charge in [-0.15, -0.1) is 0 Å². The first-order valence-corrected chi connectivity index (χ1v) is 13.2. The lowest BCUT2D eigenvalue weighted by atomic mass is 9.67. The van der Waals surface area contributed by atoms with E-state index in [1.54, 1.807) is 58.2 Å². The maximum Gasteiger partial charge on any atom is 0.336 e. The Labute approximate surface area is 234 Å². The molecule has 1 aliphatic heterocycles. The molecule has 212 valence electrons. The lowest BCUT2D eigenvalue weighted by molar-refractivity contribution is -0.152. The Bertz CT molecular complexity index is 1360. The first-order chi connectivity index (χ1) is 19.3. The Hall–Kier alpha value is -4.27. The topological polar surface area (TPSA) is 109 Å². The summed E-state index contributed by atoms with van der Waals surface area (Å²) in [6.07, 6.45) is 0.355. The van der Waals surface area contributed by atoms with Crippen molar-refractivity contribution in [3.8, 4) is 17.2 Å². The number of esters is 2. The van der Waals surface area contributed by atoms with E-state index in [4.69, 9.17) is 23.7 Å². The minimum atomic E-state index is -1.10. The molecule has 0 saturated carbocycles. The zero-order valence-corrected chi connectivity index (χ0v) is 23.7. The fraction of sp³-hybridized carbons (Fsp3) is 0.387. The number of nitrogens with one attached hydrogen (secondary N) is 1. The third kappa shape index (κ3) is 5.28. The summed E-state index contributed by atoms with van der Waals surface area (Å²) in [5.74, 6) is -2.30. The Morgan fingerprint density at radius 2 is 1.52 bits per heavy atom. The molecule has 0 radical (unpaired) electrons. The van der Waals surface area contributed by atoms with Gasteiger partial charge in [-0.05, 0) is 62.6 Å². The number of hydrogen-bond donors (Lipinski definition) is 1. The summed E-state index contributed by atoms with van der Waals surface area (Å²) in [6, 6.07) is 12.6. The third-order valence-electron chi connectivity index (χ3n) is 7.34. The molecule has 2 aliphatic rings. The molecule has 0 saturated heterocycles. The summed E-state index contributed by atoms with van der Waals surface area (Å²) in [5, 5.41) is 3.31. The van der Waals surface area contributed by atoms with Gasteiger partial charge in [-0.1, -0.05) is 18.2 Å². The predicted octanol–water partition coefficient (Wildman–Crippen LogP) is 4.43. The molecule has 0 amide bonds. The van der Waals surface area contributed by atoms with Gasteiger partial charge >= 0.3 is 11.9 Å². The lowest BCUT2D eigenvalue weighted by Crippen LogP contribution is -2.43. The van der Waals surface area contributed by atoms with E-state index in [-0.39, 0.29) is 13.2 Å². The predicted molar refractivity (Wildman–Crippen MR) is 147 cm³/mol. The highest BCUT2D eigenvalue weighted by atomic mass is 16.5. The number of carbonyl (C=O) groups excluding carboxylic acids is 3. The van der Waals surface area contributed by atoms with E-state index >= 15 is 0 Å². The van der Waals surface area contributed by atoms with Crippen molar-refractivity contribution >= 4 is 17.7 Å². The average Bonchev–Trinajstić information content (AvgIpc) is 2.96. The van der Waals surface area contributed by atoms with Crippen LogP contribution in [0.25, 0.3) is 0 Å². The quantitative estimate of drug-likeness (QED) is 0.359. The number of rotatable bonds is 9. The van der Waals surface area contributed by atoms with Crippen LogP contribution >= 0.6 is 0 Å². The summed E-state index contributed by atoms with van der Waals surface area (Å²) in [6.45, 7) is 5.52. The number of allylic oxidation sites excluding steroid dienone is 3. The minimum Gasteiger partial charge on any atom is -0.497 e. The smallest absolute Gasteiger partial charge is 0.336 e. The molecule has 9 nitrogen and oxygen atoms in total. The van der Waals surface area contributed by atoms with Gasteiger partial charge < -0.3 is 29.0 Å². The van der Waals surface area contributed by atoms with Crippen LogP contribution < -0.4 is 19.5 Å². The highest BCUT2D eigenvalue weighted by Gasteiger charge is 2.49. The van der Waals surface area contributed by atoms with Crippen LogP contribution in [0.2, 0.25) is 0 Å². The fourth-order valence-corrected chi connectivity index (χ4v) is 5.55. The summed E-state index contributed by atoms with van der Waals surface area (Å²) in [7, 11) is 4.63. The van der Waals surface area contributed by atoms with Crippen molar-refractivity contribution in [2.75, 3.05) is 34.5 Å². The molecule has 2 aromatic carbocycles. The van der Waals surface area contributed by atoms with Gasteiger partial charge in [0.2, 0.25) is 0 Å². The SMILES string of the molecule is CCOC(=O)C1=C(C)NC2=C(C(=O)[C@H](C(=O)OCC)[C@@H](c3ccc(OC)cc3)C2)[C@H]1c1ccc(OC)c(OC)c1. The van der Waals surface area contributed by atoms with Crippen molar-refractivity contribution in [3.63, 3.8) is 0 Å². The van der Waals surface area contributed by atoms with Crippen molar-refractivity contribution in [2.24, 2.45) is 5.92 Å². The van der Waals surface area contributed by atoms with Crippen molar-refractivity contribution in [3.05, 3.63) is 76.1 Å². The van der Waals surface area contributed by atoms with Crippen LogP contribution in [0.5, 0.6) is 17.2 Å². The van der Waals surface area contributed by atoms with Gasteiger partial charge in [0.25, 0.3) is 0 Å². The maximum atomic E-state index is 14.4. The molecule has 1 N–H and O–H groups in total. The van der Waals surface area contributed by atoms with E-state index in [0.29, 0.717) is 51.8 Å². The molecule has 4 rings (SSSR count). The Morgan fingerprint density at radius 1 is 0.875 bits per heavy atom. The highest BCUT2D eigenvalue weighted by molar-refractivity contribution is 6.13. The standard InChI is InChI=1S/C31H35NO8/c1-7-39-30(34)25-17(3)32-22-16-21(18-9-12-20(36-4)13-10-18)27(31(35)40-8-2)29(33)28(22)26(25)19-11-14-23(37-5)24(15-19)38-6/h9-15,21,26-27,32H,7-8,16H2,1-6H3/t21-,26+,27-/m1/s1. The number of benzene rings is 2. The van der Waals surface area contributed by atoms with Crippen molar-refractivity contribution in [1.29, 1.82) is 0 Å². The molecule has 0 spiro atoms. The van der Waals surface area contributed by atoms with Crippen LogP contribution in [-0.2, 0) is 23.9 Å². The molecule has 9 heteroatoms. The lowest BCUT2D eigenvalue weighted by Gasteiger charge is -2.39. The molecule has 0 unspecified atom stereocenters. The van der Waals surface area contributed by atoms with E-state index in [0.717, 1.165) is 5.56 Å². The van der Waals surface area contributed by atoms with Crippen LogP contribution in [0.3, 0.4) is 0 Å². The van der Waals surface area contributed by atoms with Crippen molar-refractivity contribution < 1.29 is 38.1 Å². The van der Waals surface area contributed by atoms with Gasteiger partial charge in [0, 0.05) is 28.8 Å². The van der Waals surface area contributed by atoms with Crippen LogP contribution in [0.1, 0.15) is 50.2 Å². The first kappa shape index (κ1) is 28.7. The fourth-order valence-electron chi connectivity index (χ4n) is 5.55. The monoisotopic (exact) mass is 549 g/mol. The van der Waals surface area contributed by atoms with Crippen molar-refractivity contribution in [1.82, 2.24) is 5.32 Å². The van der Waals surface area contributed by atoms with Crippen molar-refractivity contribution in [2.45, 2.75) is 39.0 Å². The second-order valence-corrected chi connectivity index (χ2v) is 9.50. The molecule has 0 bridgehead atoms. The van der Waals surface area contributed by atoms with E-state index in [1.165, 1.54) is 14.2 Å². The van der Waals surface area contributed by atoms with E-state index < -0.39 is 35.5 Å². The third-order valence-corrected chi connectivity index (χ3v) is 7.34. The van der Waals surface area contributed by atoms with Gasteiger partial charge in [0.1, 0.15) is 11.7 Å². The second-order valence-electron chi connectivity index (χ2n) is 9.50. The van der Waals surface area contributed by atoms with Gasteiger partial charge in [0.15, 0.2) is 17.3 Å². The molecule has 0 fully saturated rings. The van der Waals surface area contributed by atoms with Crippen LogP contribution in [0.15, 0.2) is 65.0 Å². The normalized spacial score (nSPS) is 20.4. The number of ketones is 1. The van der Waals surface area contributed by atoms with Crippen LogP contribution in [0, 0.1) is 5.92 Å². The average molecular weight is 550 g/mol. The minimum absolute atomic E-state index is 0.133. The molecule has 3 atom stereocenters. The van der Waals surface area contributed by atoms with E-state index in [9.17, 15) is 14.4 Å². The highest BCUT2D eigenvalue weighted by Crippen LogP contribution is 2.49. The van der Waals surface area contributed by atoms with Gasteiger partial charge in [-0.3, -0.25) is 9.59 Å². The van der Waals surface area contributed by atoms with Crippen LogP contribution in [-0.4, -0.2) is 52.3 Å². The Kier molecular flexibility index (Phi) is 8.82. The Balaban J connectivity index is 1.91. The summed E-state index contributed by atoms with van der Waals surface area (Å²) >= 11 is 0. The maximum absolute atomic E-state index is 14.4. The molecule has 1 heterocycles. The second kappa shape index (κ2) is 12.3. The molecule has 1 aliphatic carbocycles.